The average Bonchev–Trinajstić information content (AvgIpc) is 2.41. The zero-order chi connectivity index (χ0) is 14.7. The molecule has 2 aromatic rings. The molecule has 0 aliphatic carbocycles. The Hall–Kier alpha value is -1.91. The van der Waals surface area contributed by atoms with Crippen LogP contribution in [0.5, 0.6) is 5.75 Å². The van der Waals surface area contributed by atoms with E-state index in [1.54, 1.807) is 30.3 Å². The van der Waals surface area contributed by atoms with Gasteiger partial charge in [-0.3, -0.25) is 0 Å². The van der Waals surface area contributed by atoms with Gasteiger partial charge in [0.05, 0.1) is 15.7 Å². The number of hydrogen-bond donors (Lipinski definition) is 2. The monoisotopic (exact) mass is 311 g/mol. The molecule has 0 aliphatic heterocycles. The Balaban J connectivity index is 2.27. The number of para-hydroxylation sites is 1. The largest absolute Gasteiger partial charge is 0.486 e. The number of benzene rings is 2. The highest BCUT2D eigenvalue weighted by molar-refractivity contribution is 6.42. The third-order valence-corrected chi connectivity index (χ3v) is 3.54. The number of carbonyl (C=O) groups is 1. The lowest BCUT2D eigenvalue weighted by molar-refractivity contribution is 0.0692. The zero-order valence-corrected chi connectivity index (χ0v) is 11.8. The van der Waals surface area contributed by atoms with Crippen LogP contribution in [0.1, 0.15) is 15.9 Å². The SMILES string of the molecule is Nc1cccc(C(=O)O)c1OCc1cccc(Cl)c1Cl. The number of nitrogens with two attached hydrogens (primary N) is 1. The van der Waals surface area contributed by atoms with Crippen molar-refractivity contribution in [2.24, 2.45) is 0 Å². The summed E-state index contributed by atoms with van der Waals surface area (Å²) in [5, 5.41) is 9.89. The number of anilines is 1. The van der Waals surface area contributed by atoms with Gasteiger partial charge in [-0.05, 0) is 18.2 Å². The van der Waals surface area contributed by atoms with Crippen molar-refractivity contribution in [3.05, 3.63) is 57.6 Å². The predicted molar refractivity (Wildman–Crippen MR) is 78.6 cm³/mol. The molecular weight excluding hydrogens is 301 g/mol. The Morgan fingerprint density at radius 1 is 1.20 bits per heavy atom. The van der Waals surface area contributed by atoms with Gasteiger partial charge in [0.2, 0.25) is 0 Å². The summed E-state index contributed by atoms with van der Waals surface area (Å²) in [7, 11) is 0. The van der Waals surface area contributed by atoms with E-state index in [0.717, 1.165) is 0 Å². The van der Waals surface area contributed by atoms with E-state index < -0.39 is 5.97 Å². The molecule has 0 amide bonds. The average molecular weight is 312 g/mol. The van der Waals surface area contributed by atoms with Crippen molar-refractivity contribution in [1.29, 1.82) is 0 Å². The summed E-state index contributed by atoms with van der Waals surface area (Å²) in [6.07, 6.45) is 0. The molecule has 6 heteroatoms. The second kappa shape index (κ2) is 6.03. The Morgan fingerprint density at radius 3 is 2.60 bits per heavy atom. The number of carboxylic acid groups (broad SMARTS) is 1. The topological polar surface area (TPSA) is 72.6 Å². The molecule has 4 nitrogen and oxygen atoms in total. The lowest BCUT2D eigenvalue weighted by Gasteiger charge is -2.12. The Bertz CT molecular complexity index is 659. The first-order chi connectivity index (χ1) is 9.50. The lowest BCUT2D eigenvalue weighted by atomic mass is 10.1. The van der Waals surface area contributed by atoms with Crippen molar-refractivity contribution >= 4 is 34.9 Å². The minimum absolute atomic E-state index is 0.00292. The van der Waals surface area contributed by atoms with Gasteiger partial charge in [-0.15, -0.1) is 0 Å². The number of aromatic carboxylic acids is 1. The van der Waals surface area contributed by atoms with E-state index in [-0.39, 0.29) is 23.6 Å². The molecule has 0 atom stereocenters. The summed E-state index contributed by atoms with van der Waals surface area (Å²) in [6.45, 7) is 0.0773. The van der Waals surface area contributed by atoms with Gasteiger partial charge in [-0.2, -0.15) is 0 Å². The highest BCUT2D eigenvalue weighted by atomic mass is 35.5. The number of nitrogen functional groups attached to an aromatic ring is 1. The molecule has 3 N–H and O–H groups in total. The minimum atomic E-state index is -1.11. The maximum Gasteiger partial charge on any atom is 0.339 e. The summed E-state index contributed by atoms with van der Waals surface area (Å²) >= 11 is 11.9. The molecule has 20 heavy (non-hydrogen) atoms. The van der Waals surface area contributed by atoms with Crippen LogP contribution in [0, 0.1) is 0 Å². The molecule has 0 radical (unpaired) electrons. The quantitative estimate of drug-likeness (QED) is 0.841. The van der Waals surface area contributed by atoms with Gasteiger partial charge < -0.3 is 15.6 Å². The molecule has 0 unspecified atom stereocenters. The van der Waals surface area contributed by atoms with Crippen LogP contribution in [0.4, 0.5) is 5.69 Å². The van der Waals surface area contributed by atoms with Gasteiger partial charge in [0, 0.05) is 5.56 Å². The van der Waals surface area contributed by atoms with E-state index >= 15 is 0 Å². The molecule has 0 aromatic heterocycles. The van der Waals surface area contributed by atoms with Crippen LogP contribution in [-0.2, 0) is 6.61 Å². The fourth-order valence-corrected chi connectivity index (χ4v) is 2.07. The summed E-state index contributed by atoms with van der Waals surface area (Å²) in [5.74, 6) is -0.986. The van der Waals surface area contributed by atoms with E-state index in [4.69, 9.17) is 38.8 Å². The summed E-state index contributed by atoms with van der Waals surface area (Å²) in [4.78, 5) is 11.1. The van der Waals surface area contributed by atoms with Gasteiger partial charge in [-0.1, -0.05) is 41.4 Å². The molecule has 0 bridgehead atoms. The van der Waals surface area contributed by atoms with Gasteiger partial charge in [0.25, 0.3) is 0 Å². The van der Waals surface area contributed by atoms with Gasteiger partial charge in [0.1, 0.15) is 12.2 Å². The first kappa shape index (κ1) is 14.5. The molecule has 0 aliphatic rings. The number of carboxylic acids is 1. The van der Waals surface area contributed by atoms with Crippen LogP contribution >= 0.6 is 23.2 Å². The number of rotatable bonds is 4. The number of halogens is 2. The first-order valence-corrected chi connectivity index (χ1v) is 6.43. The minimum Gasteiger partial charge on any atom is -0.486 e. The second-order valence-electron chi connectivity index (χ2n) is 4.03. The second-order valence-corrected chi connectivity index (χ2v) is 4.82. The zero-order valence-electron chi connectivity index (χ0n) is 10.3. The van der Waals surface area contributed by atoms with E-state index in [0.29, 0.717) is 15.6 Å². The fourth-order valence-electron chi connectivity index (χ4n) is 1.69. The first-order valence-electron chi connectivity index (χ1n) is 5.68. The lowest BCUT2D eigenvalue weighted by Crippen LogP contribution is -2.06. The van der Waals surface area contributed by atoms with Gasteiger partial charge in [0.15, 0.2) is 5.75 Å². The Kier molecular flexibility index (Phi) is 4.37. The summed E-state index contributed by atoms with van der Waals surface area (Å²) in [6, 6.07) is 9.69. The van der Waals surface area contributed by atoms with Crippen molar-refractivity contribution in [2.45, 2.75) is 6.61 Å². The molecule has 0 saturated carbocycles. The maximum atomic E-state index is 11.1. The van der Waals surface area contributed by atoms with Crippen LogP contribution in [0.25, 0.3) is 0 Å². The molecule has 0 fully saturated rings. The van der Waals surface area contributed by atoms with Crippen LogP contribution in [0.2, 0.25) is 10.0 Å². The van der Waals surface area contributed by atoms with Gasteiger partial charge in [-0.25, -0.2) is 4.79 Å². The van der Waals surface area contributed by atoms with Crippen LogP contribution in [-0.4, -0.2) is 11.1 Å². The van der Waals surface area contributed by atoms with E-state index in [1.165, 1.54) is 6.07 Å². The van der Waals surface area contributed by atoms with Crippen molar-refractivity contribution in [1.82, 2.24) is 0 Å². The summed E-state index contributed by atoms with van der Waals surface area (Å²) in [5.41, 5.74) is 6.65. The molecule has 2 aromatic carbocycles. The standard InChI is InChI=1S/C14H11Cl2NO3/c15-10-5-1-3-8(12(10)16)7-20-13-9(14(18)19)4-2-6-11(13)17/h1-6H,7,17H2,(H,18,19). The summed E-state index contributed by atoms with van der Waals surface area (Å²) < 4.78 is 5.50. The molecule has 0 heterocycles. The van der Waals surface area contributed by atoms with E-state index in [2.05, 4.69) is 0 Å². The Morgan fingerprint density at radius 2 is 1.90 bits per heavy atom. The van der Waals surface area contributed by atoms with Crippen molar-refractivity contribution < 1.29 is 14.6 Å². The Labute approximate surface area is 125 Å². The van der Waals surface area contributed by atoms with Crippen molar-refractivity contribution in [2.75, 3.05) is 5.73 Å². The third-order valence-electron chi connectivity index (χ3n) is 2.68. The molecule has 0 saturated heterocycles. The highest BCUT2D eigenvalue weighted by Gasteiger charge is 2.15. The van der Waals surface area contributed by atoms with Gasteiger partial charge >= 0.3 is 5.97 Å². The smallest absolute Gasteiger partial charge is 0.339 e. The maximum absolute atomic E-state index is 11.1. The predicted octanol–water partition coefficient (Wildman–Crippen LogP) is 3.85. The number of hydrogen-bond acceptors (Lipinski definition) is 3. The van der Waals surface area contributed by atoms with Crippen LogP contribution in [0.3, 0.4) is 0 Å². The van der Waals surface area contributed by atoms with E-state index in [9.17, 15) is 4.79 Å². The molecular formula is C14H11Cl2NO3. The van der Waals surface area contributed by atoms with Crippen molar-refractivity contribution in [3.63, 3.8) is 0 Å². The normalized spacial score (nSPS) is 10.3. The van der Waals surface area contributed by atoms with Crippen molar-refractivity contribution in [3.8, 4) is 5.75 Å². The molecule has 0 spiro atoms. The highest BCUT2D eigenvalue weighted by Crippen LogP contribution is 2.30. The molecule has 104 valence electrons. The molecule has 2 rings (SSSR count). The third kappa shape index (κ3) is 2.98. The number of ether oxygens (including phenoxy) is 1. The van der Waals surface area contributed by atoms with Crippen LogP contribution < -0.4 is 10.5 Å². The van der Waals surface area contributed by atoms with Crippen LogP contribution in [0.15, 0.2) is 36.4 Å². The fraction of sp³-hybridized carbons (Fsp3) is 0.0714. The van der Waals surface area contributed by atoms with E-state index in [1.807, 2.05) is 0 Å².